The molecule has 0 aliphatic carbocycles. The lowest BCUT2D eigenvalue weighted by Crippen LogP contribution is -2.17. The number of rotatable bonds is 5. The summed E-state index contributed by atoms with van der Waals surface area (Å²) < 4.78 is 39.6. The minimum Gasteiger partial charge on any atom is -0.384 e. The second-order valence-corrected chi connectivity index (χ2v) is 10.8. The highest BCUT2D eigenvalue weighted by molar-refractivity contribution is 7.90. The molecule has 3 aromatic heterocycles. The fourth-order valence-electron chi connectivity index (χ4n) is 3.06. The first-order valence-corrected chi connectivity index (χ1v) is 12.1. The molecular formula is C22H20FN3O3S2. The second kappa shape index (κ2) is 7.67. The van der Waals surface area contributed by atoms with Gasteiger partial charge in [0, 0.05) is 17.3 Å². The van der Waals surface area contributed by atoms with Gasteiger partial charge in [-0.25, -0.2) is 22.5 Å². The summed E-state index contributed by atoms with van der Waals surface area (Å²) >= 11 is 1.41. The van der Waals surface area contributed by atoms with Crippen molar-refractivity contribution in [1.82, 2.24) is 14.8 Å². The van der Waals surface area contributed by atoms with Crippen molar-refractivity contribution in [2.24, 2.45) is 0 Å². The SMILES string of the molecule is CC(C)(O)c1cc(-c2ccc(-c3cccc(S(C)(=O)=O)c3)s2)n(-c2ncccc2F)n1. The topological polar surface area (TPSA) is 85.1 Å². The monoisotopic (exact) mass is 457 g/mol. The van der Waals surface area contributed by atoms with E-state index >= 15 is 0 Å². The minimum atomic E-state index is -3.33. The highest BCUT2D eigenvalue weighted by Gasteiger charge is 2.25. The fraction of sp³-hybridized carbons (Fsp3) is 0.182. The van der Waals surface area contributed by atoms with E-state index in [0.717, 1.165) is 15.3 Å². The van der Waals surface area contributed by atoms with Gasteiger partial charge in [0.2, 0.25) is 0 Å². The summed E-state index contributed by atoms with van der Waals surface area (Å²) in [4.78, 5) is 5.97. The summed E-state index contributed by atoms with van der Waals surface area (Å²) in [7, 11) is -3.33. The van der Waals surface area contributed by atoms with Crippen LogP contribution in [0.4, 0.5) is 4.39 Å². The van der Waals surface area contributed by atoms with E-state index < -0.39 is 21.3 Å². The minimum absolute atomic E-state index is 0.0297. The van der Waals surface area contributed by atoms with Crippen molar-refractivity contribution in [1.29, 1.82) is 0 Å². The van der Waals surface area contributed by atoms with Gasteiger partial charge in [-0.3, -0.25) is 0 Å². The summed E-state index contributed by atoms with van der Waals surface area (Å²) in [5, 5.41) is 14.8. The second-order valence-electron chi connectivity index (χ2n) is 7.66. The van der Waals surface area contributed by atoms with E-state index in [1.54, 1.807) is 38.1 Å². The van der Waals surface area contributed by atoms with Crippen molar-refractivity contribution >= 4 is 21.2 Å². The molecule has 0 aliphatic heterocycles. The van der Waals surface area contributed by atoms with E-state index in [2.05, 4.69) is 10.1 Å². The van der Waals surface area contributed by atoms with Crippen LogP contribution < -0.4 is 0 Å². The maximum atomic E-state index is 14.5. The van der Waals surface area contributed by atoms with Gasteiger partial charge < -0.3 is 5.11 Å². The van der Waals surface area contributed by atoms with Gasteiger partial charge in [0.15, 0.2) is 21.5 Å². The van der Waals surface area contributed by atoms with Crippen LogP contribution >= 0.6 is 11.3 Å². The van der Waals surface area contributed by atoms with Crippen molar-refractivity contribution in [2.45, 2.75) is 24.3 Å². The Labute approximate surface area is 183 Å². The number of benzene rings is 1. The van der Waals surface area contributed by atoms with Gasteiger partial charge in [-0.2, -0.15) is 5.10 Å². The third kappa shape index (κ3) is 4.30. The molecule has 1 N–H and O–H groups in total. The standard InChI is InChI=1S/C22H20FN3O3S2/c1-22(2,27)20-13-17(26(25-20)21-16(23)8-5-11-24-21)19-10-9-18(30-19)14-6-4-7-15(12-14)31(3,28)29/h4-13,27H,1-3H3. The normalized spacial score (nSPS) is 12.3. The van der Waals surface area contributed by atoms with E-state index in [9.17, 15) is 17.9 Å². The lowest BCUT2D eigenvalue weighted by molar-refractivity contribution is 0.0734. The largest absolute Gasteiger partial charge is 0.384 e. The van der Waals surface area contributed by atoms with Gasteiger partial charge in [0.25, 0.3) is 0 Å². The third-order valence-corrected chi connectivity index (χ3v) is 6.95. The lowest BCUT2D eigenvalue weighted by Gasteiger charge is -2.13. The van der Waals surface area contributed by atoms with Gasteiger partial charge in [-0.05, 0) is 61.9 Å². The lowest BCUT2D eigenvalue weighted by atomic mass is 10.1. The predicted octanol–water partition coefficient (Wildman–Crippen LogP) is 4.43. The smallest absolute Gasteiger partial charge is 0.190 e. The van der Waals surface area contributed by atoms with Crippen LogP contribution in [-0.2, 0) is 15.4 Å². The van der Waals surface area contributed by atoms with Gasteiger partial charge in [0.1, 0.15) is 5.60 Å². The van der Waals surface area contributed by atoms with Crippen LogP contribution in [0.25, 0.3) is 26.8 Å². The molecule has 0 saturated carbocycles. The predicted molar refractivity (Wildman–Crippen MR) is 118 cm³/mol. The highest BCUT2D eigenvalue weighted by Crippen LogP contribution is 2.37. The van der Waals surface area contributed by atoms with E-state index in [4.69, 9.17) is 0 Å². The highest BCUT2D eigenvalue weighted by atomic mass is 32.2. The number of thiophene rings is 1. The number of pyridine rings is 1. The molecule has 0 aliphatic rings. The Morgan fingerprint density at radius 3 is 2.48 bits per heavy atom. The van der Waals surface area contributed by atoms with Crippen LogP contribution in [-0.4, -0.2) is 34.5 Å². The average molecular weight is 458 g/mol. The maximum Gasteiger partial charge on any atom is 0.190 e. The van der Waals surface area contributed by atoms with E-state index in [1.807, 2.05) is 18.2 Å². The van der Waals surface area contributed by atoms with Gasteiger partial charge in [-0.15, -0.1) is 11.3 Å². The fourth-order valence-corrected chi connectivity index (χ4v) is 4.73. The van der Waals surface area contributed by atoms with Crippen LogP contribution in [0, 0.1) is 5.82 Å². The van der Waals surface area contributed by atoms with Crippen LogP contribution in [0.3, 0.4) is 0 Å². The van der Waals surface area contributed by atoms with Gasteiger partial charge in [0.05, 0.1) is 21.2 Å². The molecule has 6 nitrogen and oxygen atoms in total. The molecule has 4 aromatic rings. The Hall–Kier alpha value is -2.88. The molecule has 3 heterocycles. The Kier molecular flexibility index (Phi) is 5.28. The Morgan fingerprint density at radius 1 is 1.06 bits per heavy atom. The number of hydrogen-bond donors (Lipinski definition) is 1. The maximum absolute atomic E-state index is 14.5. The third-order valence-electron chi connectivity index (χ3n) is 4.68. The van der Waals surface area contributed by atoms with Crippen LogP contribution in [0.2, 0.25) is 0 Å². The van der Waals surface area contributed by atoms with E-state index in [0.29, 0.717) is 11.4 Å². The van der Waals surface area contributed by atoms with Crippen molar-refractivity contribution in [3.8, 4) is 26.8 Å². The molecule has 0 spiro atoms. The van der Waals surface area contributed by atoms with Crippen molar-refractivity contribution in [3.63, 3.8) is 0 Å². The molecule has 0 bridgehead atoms. The molecule has 0 amide bonds. The molecular weight excluding hydrogens is 437 g/mol. The van der Waals surface area contributed by atoms with Gasteiger partial charge in [-0.1, -0.05) is 12.1 Å². The first-order chi connectivity index (χ1) is 14.5. The van der Waals surface area contributed by atoms with Crippen LogP contribution in [0.5, 0.6) is 0 Å². The van der Waals surface area contributed by atoms with Gasteiger partial charge >= 0.3 is 0 Å². The van der Waals surface area contributed by atoms with Crippen LogP contribution in [0.15, 0.2) is 65.7 Å². The summed E-state index contributed by atoms with van der Waals surface area (Å²) in [6.07, 6.45) is 2.65. The molecule has 9 heteroatoms. The van der Waals surface area contributed by atoms with E-state index in [1.165, 1.54) is 40.6 Å². The number of halogens is 1. The number of aliphatic hydroxyl groups is 1. The zero-order valence-electron chi connectivity index (χ0n) is 17.1. The summed E-state index contributed by atoms with van der Waals surface area (Å²) in [5.74, 6) is -0.506. The summed E-state index contributed by atoms with van der Waals surface area (Å²) in [6.45, 7) is 3.21. The molecule has 1 aromatic carbocycles. The molecule has 0 radical (unpaired) electrons. The number of sulfone groups is 1. The number of hydrogen-bond acceptors (Lipinski definition) is 6. The molecule has 0 atom stereocenters. The first-order valence-electron chi connectivity index (χ1n) is 9.38. The first kappa shape index (κ1) is 21.4. The number of nitrogens with zero attached hydrogens (tertiary/aromatic N) is 3. The zero-order valence-corrected chi connectivity index (χ0v) is 18.7. The van der Waals surface area contributed by atoms with Crippen molar-refractivity contribution in [2.75, 3.05) is 6.26 Å². The average Bonchev–Trinajstić information content (AvgIpc) is 3.35. The molecule has 0 saturated heterocycles. The molecule has 160 valence electrons. The Morgan fingerprint density at radius 2 is 1.81 bits per heavy atom. The van der Waals surface area contributed by atoms with Crippen LogP contribution in [0.1, 0.15) is 19.5 Å². The number of aromatic nitrogens is 3. The summed E-state index contributed by atoms with van der Waals surface area (Å²) in [5.41, 5.74) is 0.485. The Bertz CT molecular complexity index is 1370. The molecule has 0 fully saturated rings. The van der Waals surface area contributed by atoms with E-state index in [-0.39, 0.29) is 10.7 Å². The summed E-state index contributed by atoms with van der Waals surface area (Å²) in [6, 6.07) is 15.0. The molecule has 4 rings (SSSR count). The molecule has 0 unspecified atom stereocenters. The molecule has 31 heavy (non-hydrogen) atoms. The van der Waals surface area contributed by atoms with Crippen molar-refractivity contribution < 1.29 is 17.9 Å². The quantitative estimate of drug-likeness (QED) is 0.479. The van der Waals surface area contributed by atoms with Crippen molar-refractivity contribution in [3.05, 3.63) is 72.3 Å². The zero-order chi connectivity index (χ0) is 22.4. The Balaban J connectivity index is 1.84.